The number of nitrogens with one attached hydrogen (secondary N) is 1. The number of likely N-dealkylation sites (tertiary alicyclic amines) is 1. The number of carbonyl (C=O) groups is 1. The second-order valence-electron chi connectivity index (χ2n) is 6.57. The van der Waals surface area contributed by atoms with Crippen LogP contribution in [0.1, 0.15) is 59.8 Å². The van der Waals surface area contributed by atoms with Gasteiger partial charge in [0, 0.05) is 12.1 Å². The van der Waals surface area contributed by atoms with Crippen molar-refractivity contribution in [1.29, 1.82) is 0 Å². The largest absolute Gasteiger partial charge is 0.353 e. The van der Waals surface area contributed by atoms with Crippen LogP contribution in [0.5, 0.6) is 0 Å². The Morgan fingerprint density at radius 2 is 1.64 bits per heavy atom. The van der Waals surface area contributed by atoms with Gasteiger partial charge in [-0.3, -0.25) is 9.69 Å². The van der Waals surface area contributed by atoms with Crippen LogP contribution < -0.4 is 11.1 Å². The summed E-state index contributed by atoms with van der Waals surface area (Å²) in [6.07, 6.45) is 5.49. The van der Waals surface area contributed by atoms with E-state index in [1.165, 1.54) is 19.3 Å². The Morgan fingerprint density at radius 3 is 2.05 bits per heavy atom. The minimum Gasteiger partial charge on any atom is -0.353 e. The molecule has 3 N–H and O–H groups in total. The van der Waals surface area contributed by atoms with Crippen molar-refractivity contribution in [3.63, 3.8) is 0 Å². The van der Waals surface area contributed by atoms with Crippen LogP contribution in [0, 0.1) is 5.92 Å². The van der Waals surface area contributed by atoms with Crippen LogP contribution in [-0.4, -0.2) is 42.0 Å². The van der Waals surface area contributed by atoms with E-state index in [9.17, 15) is 4.79 Å². The third kappa shape index (κ3) is 7.03. The summed E-state index contributed by atoms with van der Waals surface area (Å²) in [6.45, 7) is 11.1. The average molecular weight is 356 g/mol. The first kappa shape index (κ1) is 24.2. The molecule has 4 nitrogen and oxygen atoms in total. The Hall–Kier alpha value is -0.0300. The molecule has 0 radical (unpaired) electrons. The van der Waals surface area contributed by atoms with Crippen molar-refractivity contribution in [3.05, 3.63) is 0 Å². The highest BCUT2D eigenvalue weighted by Crippen LogP contribution is 2.18. The standard InChI is InChI=1S/C16H33N3O.2ClH/c1-5-16(17,6-2)12-18-15(20)14(13(3)4)19-10-8-7-9-11-19;;/h13-14H,5-12,17H2,1-4H3,(H,18,20);2*1H. The third-order valence-corrected chi connectivity index (χ3v) is 4.71. The quantitative estimate of drug-likeness (QED) is 0.737. The summed E-state index contributed by atoms with van der Waals surface area (Å²) < 4.78 is 0. The molecule has 1 heterocycles. The van der Waals surface area contributed by atoms with E-state index in [-0.39, 0.29) is 42.3 Å². The fourth-order valence-electron chi connectivity index (χ4n) is 2.95. The third-order valence-electron chi connectivity index (χ3n) is 4.71. The van der Waals surface area contributed by atoms with Crippen LogP contribution >= 0.6 is 24.8 Å². The predicted molar refractivity (Wildman–Crippen MR) is 99.1 cm³/mol. The summed E-state index contributed by atoms with van der Waals surface area (Å²) in [5.74, 6) is 0.488. The normalized spacial score (nSPS) is 17.4. The maximum atomic E-state index is 12.6. The van der Waals surface area contributed by atoms with Crippen LogP contribution in [-0.2, 0) is 4.79 Å². The monoisotopic (exact) mass is 355 g/mol. The predicted octanol–water partition coefficient (Wildman–Crippen LogP) is 2.97. The van der Waals surface area contributed by atoms with E-state index in [1.54, 1.807) is 0 Å². The van der Waals surface area contributed by atoms with Gasteiger partial charge >= 0.3 is 0 Å². The second-order valence-corrected chi connectivity index (χ2v) is 6.57. The highest BCUT2D eigenvalue weighted by atomic mass is 35.5. The van der Waals surface area contributed by atoms with Crippen molar-refractivity contribution >= 4 is 30.7 Å². The Labute approximate surface area is 148 Å². The summed E-state index contributed by atoms with van der Waals surface area (Å²) in [6, 6.07) is -0.00624. The Bertz CT molecular complexity index is 304. The summed E-state index contributed by atoms with van der Waals surface area (Å²) in [4.78, 5) is 14.9. The lowest BCUT2D eigenvalue weighted by molar-refractivity contribution is -0.128. The first-order chi connectivity index (χ1) is 9.43. The molecule has 0 aromatic heterocycles. The highest BCUT2D eigenvalue weighted by molar-refractivity contribution is 5.85. The van der Waals surface area contributed by atoms with Crippen molar-refractivity contribution in [2.24, 2.45) is 11.7 Å². The van der Waals surface area contributed by atoms with Crippen LogP contribution in [0.15, 0.2) is 0 Å². The van der Waals surface area contributed by atoms with E-state index in [4.69, 9.17) is 5.73 Å². The van der Waals surface area contributed by atoms with Gasteiger partial charge in [-0.25, -0.2) is 0 Å². The van der Waals surface area contributed by atoms with Gasteiger partial charge in [-0.05, 0) is 44.7 Å². The van der Waals surface area contributed by atoms with E-state index in [0.29, 0.717) is 12.5 Å². The zero-order valence-corrected chi connectivity index (χ0v) is 16.2. The molecule has 0 saturated carbocycles. The van der Waals surface area contributed by atoms with Gasteiger partial charge in [-0.2, -0.15) is 0 Å². The Kier molecular flexibility index (Phi) is 12.7. The number of piperidine rings is 1. The van der Waals surface area contributed by atoms with Crippen LogP contribution in [0.25, 0.3) is 0 Å². The maximum Gasteiger partial charge on any atom is 0.237 e. The van der Waals surface area contributed by atoms with Crippen molar-refractivity contribution in [3.8, 4) is 0 Å². The van der Waals surface area contributed by atoms with Crippen molar-refractivity contribution < 1.29 is 4.79 Å². The minimum absolute atomic E-state index is 0. The highest BCUT2D eigenvalue weighted by Gasteiger charge is 2.31. The number of nitrogens with two attached hydrogens (primary N) is 1. The summed E-state index contributed by atoms with van der Waals surface area (Å²) in [5, 5.41) is 3.10. The van der Waals surface area contributed by atoms with Gasteiger partial charge in [0.15, 0.2) is 0 Å². The maximum absolute atomic E-state index is 12.6. The molecule has 1 unspecified atom stereocenters. The number of carbonyl (C=O) groups excluding carboxylic acids is 1. The van der Waals surface area contributed by atoms with Gasteiger partial charge in [0.2, 0.25) is 5.91 Å². The van der Waals surface area contributed by atoms with Gasteiger partial charge in [0.25, 0.3) is 0 Å². The van der Waals surface area contributed by atoms with Crippen LogP contribution in [0.3, 0.4) is 0 Å². The average Bonchev–Trinajstić information content (AvgIpc) is 2.46. The molecule has 1 amide bonds. The molecule has 0 aromatic rings. The Morgan fingerprint density at radius 1 is 1.14 bits per heavy atom. The van der Waals surface area contributed by atoms with E-state index in [0.717, 1.165) is 25.9 Å². The molecule has 22 heavy (non-hydrogen) atoms. The van der Waals surface area contributed by atoms with Crippen LogP contribution in [0.4, 0.5) is 0 Å². The molecule has 0 bridgehead atoms. The number of amides is 1. The number of rotatable bonds is 7. The molecular formula is C16H35Cl2N3O. The first-order valence-electron chi connectivity index (χ1n) is 8.24. The molecule has 1 rings (SSSR count). The minimum atomic E-state index is -0.265. The van der Waals surface area contributed by atoms with E-state index in [1.807, 2.05) is 0 Å². The molecular weight excluding hydrogens is 321 g/mol. The molecule has 0 aliphatic carbocycles. The second kappa shape index (κ2) is 11.5. The molecule has 1 aliphatic rings. The van der Waals surface area contributed by atoms with Crippen LogP contribution in [0.2, 0.25) is 0 Å². The topological polar surface area (TPSA) is 58.4 Å². The van der Waals surface area contributed by atoms with Gasteiger partial charge < -0.3 is 11.1 Å². The first-order valence-corrected chi connectivity index (χ1v) is 8.24. The lowest BCUT2D eigenvalue weighted by Crippen LogP contribution is -2.56. The molecule has 1 atom stereocenters. The zero-order chi connectivity index (χ0) is 15.2. The molecule has 1 saturated heterocycles. The molecule has 1 fully saturated rings. The van der Waals surface area contributed by atoms with Gasteiger partial charge in [0.1, 0.15) is 0 Å². The van der Waals surface area contributed by atoms with Crippen molar-refractivity contribution in [1.82, 2.24) is 10.2 Å². The number of halogens is 2. The number of nitrogens with zero attached hydrogens (tertiary/aromatic N) is 1. The van der Waals surface area contributed by atoms with E-state index in [2.05, 4.69) is 37.9 Å². The number of hydrogen-bond donors (Lipinski definition) is 2. The van der Waals surface area contributed by atoms with Gasteiger partial charge in [-0.1, -0.05) is 34.1 Å². The van der Waals surface area contributed by atoms with E-state index >= 15 is 0 Å². The fraction of sp³-hybridized carbons (Fsp3) is 0.938. The van der Waals surface area contributed by atoms with E-state index < -0.39 is 0 Å². The summed E-state index contributed by atoms with van der Waals surface area (Å²) in [5.41, 5.74) is 6.01. The molecule has 1 aliphatic heterocycles. The van der Waals surface area contributed by atoms with Gasteiger partial charge in [-0.15, -0.1) is 24.8 Å². The lowest BCUT2D eigenvalue weighted by Gasteiger charge is -2.37. The van der Waals surface area contributed by atoms with Crippen molar-refractivity contribution in [2.75, 3.05) is 19.6 Å². The zero-order valence-electron chi connectivity index (χ0n) is 14.6. The summed E-state index contributed by atoms with van der Waals surface area (Å²) in [7, 11) is 0. The summed E-state index contributed by atoms with van der Waals surface area (Å²) >= 11 is 0. The molecule has 0 aromatic carbocycles. The lowest BCUT2D eigenvalue weighted by atomic mass is 9.93. The molecule has 0 spiro atoms. The van der Waals surface area contributed by atoms with Crippen molar-refractivity contribution in [2.45, 2.75) is 71.4 Å². The SMILES string of the molecule is CCC(N)(CC)CNC(=O)C(C(C)C)N1CCCCC1.Cl.Cl. The number of hydrogen-bond acceptors (Lipinski definition) is 3. The Balaban J connectivity index is 0. The molecule has 134 valence electrons. The smallest absolute Gasteiger partial charge is 0.237 e. The van der Waals surface area contributed by atoms with Gasteiger partial charge in [0.05, 0.1) is 6.04 Å². The fourth-order valence-corrected chi connectivity index (χ4v) is 2.95. The molecule has 6 heteroatoms.